The van der Waals surface area contributed by atoms with Crippen molar-refractivity contribution in [3.05, 3.63) is 88.3 Å². The van der Waals surface area contributed by atoms with Gasteiger partial charge < -0.3 is 30.5 Å². The van der Waals surface area contributed by atoms with E-state index in [2.05, 4.69) is 25.9 Å². The molecule has 3 aromatic heterocycles. The molecule has 11 heteroatoms. The molecule has 1 saturated heterocycles. The molecule has 0 spiro atoms. The topological polar surface area (TPSA) is 131 Å². The van der Waals surface area contributed by atoms with Gasteiger partial charge in [-0.05, 0) is 55.2 Å². The first-order chi connectivity index (χ1) is 21.5. The summed E-state index contributed by atoms with van der Waals surface area (Å²) in [6.45, 7) is 5.23. The van der Waals surface area contributed by atoms with Crippen molar-refractivity contribution in [2.24, 2.45) is 0 Å². The predicted octanol–water partition coefficient (Wildman–Crippen LogP) is 4.78. The maximum Gasteiger partial charge on any atom is 0.274 e. The van der Waals surface area contributed by atoms with E-state index >= 15 is 0 Å². The number of methoxy groups -OCH3 is 1. The molecule has 0 unspecified atom stereocenters. The van der Waals surface area contributed by atoms with Gasteiger partial charge in [-0.15, -0.1) is 0 Å². The number of hydrogen-bond donors (Lipinski definition) is 4. The van der Waals surface area contributed by atoms with Gasteiger partial charge in [-0.3, -0.25) is 14.8 Å². The molecule has 4 aromatic rings. The van der Waals surface area contributed by atoms with Crippen molar-refractivity contribution in [1.82, 2.24) is 25.6 Å². The second-order valence-electron chi connectivity index (χ2n) is 10.5. The number of aliphatic hydroxyl groups is 1. The van der Waals surface area contributed by atoms with Crippen LogP contribution in [0.5, 0.6) is 5.88 Å². The standard InChI is InChI=1S/C33H37ClN6O4/c1-21-25(4-3-5-27(21)39-32(42)29-8-6-22(19-38-29)18-35-14-15-41)31-30(34)26(10-13-36-31)28-9-7-23(33(40-28)43-2)20-37-24-11-16-44-17-12-24/h3-10,13,19,24,35,37,41H,11-12,14-18,20H2,1-2H3,(H,39,42). The normalized spacial score (nSPS) is 13.5. The quantitative estimate of drug-likeness (QED) is 0.166. The average molecular weight is 617 g/mol. The minimum atomic E-state index is -0.324. The lowest BCUT2D eigenvalue weighted by Crippen LogP contribution is -2.34. The highest BCUT2D eigenvalue weighted by atomic mass is 35.5. The fourth-order valence-corrected chi connectivity index (χ4v) is 5.42. The molecule has 1 aliphatic rings. The number of benzene rings is 1. The minimum absolute atomic E-state index is 0.0609. The first kappa shape index (κ1) is 31.5. The molecular weight excluding hydrogens is 580 g/mol. The summed E-state index contributed by atoms with van der Waals surface area (Å²) in [5.41, 5.74) is 6.41. The van der Waals surface area contributed by atoms with Crippen LogP contribution in [0.2, 0.25) is 5.02 Å². The summed E-state index contributed by atoms with van der Waals surface area (Å²) >= 11 is 6.98. The zero-order chi connectivity index (χ0) is 30.9. The van der Waals surface area contributed by atoms with Gasteiger partial charge in [0.2, 0.25) is 5.88 Å². The van der Waals surface area contributed by atoms with E-state index in [1.54, 1.807) is 25.6 Å². The Hall–Kier alpha value is -3.93. The lowest BCUT2D eigenvalue weighted by Gasteiger charge is -2.23. The van der Waals surface area contributed by atoms with E-state index in [0.29, 0.717) is 59.3 Å². The van der Waals surface area contributed by atoms with E-state index < -0.39 is 0 Å². The molecule has 1 fully saturated rings. The molecule has 0 aliphatic carbocycles. The zero-order valence-electron chi connectivity index (χ0n) is 24.9. The number of aromatic nitrogens is 3. The molecule has 0 atom stereocenters. The molecule has 1 amide bonds. The van der Waals surface area contributed by atoms with E-state index in [0.717, 1.165) is 53.9 Å². The first-order valence-electron chi connectivity index (χ1n) is 14.7. The monoisotopic (exact) mass is 616 g/mol. The lowest BCUT2D eigenvalue weighted by atomic mass is 10.0. The number of nitrogens with zero attached hydrogens (tertiary/aromatic N) is 3. The van der Waals surface area contributed by atoms with Gasteiger partial charge in [-0.2, -0.15) is 0 Å². The van der Waals surface area contributed by atoms with Crippen LogP contribution in [0.4, 0.5) is 5.69 Å². The Bertz CT molecular complexity index is 1580. The molecule has 4 heterocycles. The van der Waals surface area contributed by atoms with Gasteiger partial charge in [0.15, 0.2) is 0 Å². The number of hydrogen-bond acceptors (Lipinski definition) is 9. The van der Waals surface area contributed by atoms with Crippen LogP contribution >= 0.6 is 11.6 Å². The highest BCUT2D eigenvalue weighted by molar-refractivity contribution is 6.35. The summed E-state index contributed by atoms with van der Waals surface area (Å²) < 4.78 is 11.1. The number of amides is 1. The maximum absolute atomic E-state index is 13.0. The Morgan fingerprint density at radius 2 is 1.91 bits per heavy atom. The average Bonchev–Trinajstić information content (AvgIpc) is 3.06. The molecule has 230 valence electrons. The first-order valence-corrected chi connectivity index (χ1v) is 15.0. The zero-order valence-corrected chi connectivity index (χ0v) is 25.7. The summed E-state index contributed by atoms with van der Waals surface area (Å²) in [4.78, 5) is 26.7. The molecule has 1 aliphatic heterocycles. The van der Waals surface area contributed by atoms with Crippen LogP contribution < -0.4 is 20.7 Å². The SMILES string of the molecule is COc1nc(-c2ccnc(-c3cccc(NC(=O)c4ccc(CNCCO)cn4)c3C)c2Cl)ccc1CNC1CCOCC1. The van der Waals surface area contributed by atoms with E-state index in [4.69, 9.17) is 31.2 Å². The Balaban J connectivity index is 1.34. The van der Waals surface area contributed by atoms with Crippen molar-refractivity contribution < 1.29 is 19.4 Å². The van der Waals surface area contributed by atoms with Crippen molar-refractivity contribution in [2.45, 2.75) is 38.9 Å². The van der Waals surface area contributed by atoms with E-state index in [-0.39, 0.29) is 12.5 Å². The Labute approximate surface area is 262 Å². The van der Waals surface area contributed by atoms with Crippen molar-refractivity contribution in [2.75, 3.05) is 38.8 Å². The summed E-state index contributed by atoms with van der Waals surface area (Å²) in [6, 6.07) is 15.3. The predicted molar refractivity (Wildman–Crippen MR) is 171 cm³/mol. The molecule has 0 bridgehead atoms. The number of pyridine rings is 3. The van der Waals surface area contributed by atoms with Gasteiger partial charge in [0, 0.05) is 73.7 Å². The number of ether oxygens (including phenoxy) is 2. The van der Waals surface area contributed by atoms with Crippen LogP contribution in [-0.4, -0.2) is 65.5 Å². The summed E-state index contributed by atoms with van der Waals surface area (Å²) in [6.07, 6.45) is 5.33. The second-order valence-corrected chi connectivity index (χ2v) is 10.9. The van der Waals surface area contributed by atoms with E-state index in [1.807, 2.05) is 49.4 Å². The highest BCUT2D eigenvalue weighted by Gasteiger charge is 2.19. The van der Waals surface area contributed by atoms with Crippen LogP contribution in [-0.2, 0) is 17.8 Å². The molecule has 44 heavy (non-hydrogen) atoms. The summed E-state index contributed by atoms with van der Waals surface area (Å²) in [7, 11) is 1.62. The van der Waals surface area contributed by atoms with Crippen LogP contribution in [0.1, 0.15) is 40.0 Å². The molecule has 4 N–H and O–H groups in total. The minimum Gasteiger partial charge on any atom is -0.481 e. The Morgan fingerprint density at radius 3 is 2.66 bits per heavy atom. The van der Waals surface area contributed by atoms with Crippen molar-refractivity contribution >= 4 is 23.2 Å². The maximum atomic E-state index is 13.0. The number of halogens is 1. The van der Waals surface area contributed by atoms with E-state index in [1.165, 1.54) is 0 Å². The number of aliphatic hydroxyl groups excluding tert-OH is 1. The second kappa shape index (κ2) is 15.2. The molecular formula is C33H37ClN6O4. The highest BCUT2D eigenvalue weighted by Crippen LogP contribution is 2.38. The van der Waals surface area contributed by atoms with Crippen LogP contribution in [0.25, 0.3) is 22.5 Å². The summed E-state index contributed by atoms with van der Waals surface area (Å²) in [5.74, 6) is 0.219. The third-order valence-corrected chi connectivity index (χ3v) is 7.99. The number of nitrogens with one attached hydrogen (secondary N) is 3. The van der Waals surface area contributed by atoms with Gasteiger partial charge in [-0.25, -0.2) is 4.98 Å². The largest absolute Gasteiger partial charge is 0.481 e. The van der Waals surface area contributed by atoms with Crippen LogP contribution in [0, 0.1) is 6.92 Å². The van der Waals surface area contributed by atoms with Gasteiger partial charge in [0.25, 0.3) is 5.91 Å². The van der Waals surface area contributed by atoms with Crippen molar-refractivity contribution in [1.29, 1.82) is 0 Å². The number of carbonyl (C=O) groups is 1. The third kappa shape index (κ3) is 7.58. The fraction of sp³-hybridized carbons (Fsp3) is 0.333. The third-order valence-electron chi connectivity index (χ3n) is 7.61. The molecule has 5 rings (SSSR count). The van der Waals surface area contributed by atoms with Gasteiger partial charge in [0.05, 0.1) is 30.1 Å². The number of rotatable bonds is 12. The van der Waals surface area contributed by atoms with Crippen LogP contribution in [0.15, 0.2) is 60.9 Å². The van der Waals surface area contributed by atoms with Crippen molar-refractivity contribution in [3.63, 3.8) is 0 Å². The number of carbonyl (C=O) groups excluding carboxylic acids is 1. The summed E-state index contributed by atoms with van der Waals surface area (Å²) in [5, 5.41) is 19.0. The molecule has 1 aromatic carbocycles. The smallest absolute Gasteiger partial charge is 0.274 e. The van der Waals surface area contributed by atoms with Crippen LogP contribution in [0.3, 0.4) is 0 Å². The Morgan fingerprint density at radius 1 is 1.07 bits per heavy atom. The molecule has 0 saturated carbocycles. The fourth-order valence-electron chi connectivity index (χ4n) is 5.11. The van der Waals surface area contributed by atoms with Gasteiger partial charge in [0.1, 0.15) is 5.69 Å². The van der Waals surface area contributed by atoms with Gasteiger partial charge in [-0.1, -0.05) is 35.9 Å². The van der Waals surface area contributed by atoms with E-state index in [9.17, 15) is 4.79 Å². The Kier molecular flexibility index (Phi) is 10.9. The van der Waals surface area contributed by atoms with Crippen molar-refractivity contribution in [3.8, 4) is 28.4 Å². The molecule has 0 radical (unpaired) electrons. The number of anilines is 1. The lowest BCUT2D eigenvalue weighted by molar-refractivity contribution is 0.0775. The molecule has 10 nitrogen and oxygen atoms in total. The van der Waals surface area contributed by atoms with Gasteiger partial charge >= 0.3 is 0 Å².